The number of hydrogen-bond donors (Lipinski definition) is 2. The number of hydrogen-bond acceptors (Lipinski definition) is 5. The molecule has 1 heterocycles. The lowest BCUT2D eigenvalue weighted by molar-refractivity contribution is 0.0934. The summed E-state index contributed by atoms with van der Waals surface area (Å²) in [6, 6.07) is 0.297. The Morgan fingerprint density at radius 2 is 2.50 bits per heavy atom. The highest BCUT2D eigenvalue weighted by molar-refractivity contribution is 7.99. The van der Waals surface area contributed by atoms with E-state index in [1.54, 1.807) is 5.38 Å². The Labute approximate surface area is 116 Å². The number of aromatic nitrogens is 1. The Bertz CT molecular complexity index is 408. The van der Waals surface area contributed by atoms with Gasteiger partial charge in [0.05, 0.1) is 0 Å². The number of rotatable bonds is 5. The van der Waals surface area contributed by atoms with Crippen molar-refractivity contribution in [2.24, 2.45) is 5.73 Å². The number of carbonyl (C=O) groups is 1. The van der Waals surface area contributed by atoms with Crippen LogP contribution in [0.25, 0.3) is 0 Å². The molecule has 2 rings (SSSR count). The lowest BCUT2D eigenvalue weighted by atomic mass is 10.2. The summed E-state index contributed by atoms with van der Waals surface area (Å²) in [6.45, 7) is 2.56. The predicted octanol–water partition coefficient (Wildman–Crippen LogP) is 2.01. The van der Waals surface area contributed by atoms with E-state index in [4.69, 9.17) is 5.73 Å². The number of carbonyl (C=O) groups excluding carboxylic acids is 1. The maximum absolute atomic E-state index is 12.1. The molecule has 4 nitrogen and oxygen atoms in total. The summed E-state index contributed by atoms with van der Waals surface area (Å²) >= 11 is 3.39. The lowest BCUT2D eigenvalue weighted by Crippen LogP contribution is -2.39. The molecule has 100 valence electrons. The van der Waals surface area contributed by atoms with Gasteiger partial charge in [-0.1, -0.05) is 13.3 Å². The highest BCUT2D eigenvalue weighted by Crippen LogP contribution is 2.30. The van der Waals surface area contributed by atoms with Crippen LogP contribution in [0, 0.1) is 0 Å². The highest BCUT2D eigenvalue weighted by atomic mass is 32.2. The van der Waals surface area contributed by atoms with Gasteiger partial charge in [0.1, 0.15) is 10.7 Å². The number of thioether (sulfide) groups is 1. The van der Waals surface area contributed by atoms with Gasteiger partial charge < -0.3 is 11.1 Å². The Morgan fingerprint density at radius 1 is 1.67 bits per heavy atom. The third kappa shape index (κ3) is 3.24. The number of nitrogens with two attached hydrogens (primary N) is 1. The van der Waals surface area contributed by atoms with E-state index in [-0.39, 0.29) is 5.91 Å². The first-order valence-electron chi connectivity index (χ1n) is 6.31. The molecule has 2 unspecified atom stereocenters. The highest BCUT2D eigenvalue weighted by Gasteiger charge is 2.29. The van der Waals surface area contributed by atoms with E-state index in [1.807, 2.05) is 11.8 Å². The van der Waals surface area contributed by atoms with Crippen LogP contribution in [-0.2, 0) is 6.54 Å². The molecule has 0 spiro atoms. The normalized spacial score (nSPS) is 23.2. The zero-order chi connectivity index (χ0) is 13.0. The Balaban J connectivity index is 1.94. The van der Waals surface area contributed by atoms with E-state index >= 15 is 0 Å². The first-order chi connectivity index (χ1) is 8.74. The molecule has 0 bridgehead atoms. The van der Waals surface area contributed by atoms with E-state index in [2.05, 4.69) is 17.2 Å². The van der Waals surface area contributed by atoms with Crippen molar-refractivity contribution < 1.29 is 4.79 Å². The van der Waals surface area contributed by atoms with Gasteiger partial charge in [-0.25, -0.2) is 4.98 Å². The van der Waals surface area contributed by atoms with Crippen molar-refractivity contribution in [3.8, 4) is 0 Å². The van der Waals surface area contributed by atoms with Crippen LogP contribution >= 0.6 is 23.1 Å². The third-order valence-electron chi connectivity index (χ3n) is 3.11. The number of nitrogens with one attached hydrogen (secondary N) is 1. The Kier molecular flexibility index (Phi) is 5.03. The molecule has 0 aliphatic heterocycles. The molecule has 1 fully saturated rings. The zero-order valence-corrected chi connectivity index (χ0v) is 12.1. The molecule has 3 N–H and O–H groups in total. The van der Waals surface area contributed by atoms with Gasteiger partial charge in [-0.15, -0.1) is 11.3 Å². The molecule has 2 atom stereocenters. The summed E-state index contributed by atoms with van der Waals surface area (Å²) in [5, 5.41) is 6.27. The van der Waals surface area contributed by atoms with Gasteiger partial charge in [-0.3, -0.25) is 4.79 Å². The van der Waals surface area contributed by atoms with Crippen molar-refractivity contribution >= 4 is 29.0 Å². The van der Waals surface area contributed by atoms with Gasteiger partial charge in [0, 0.05) is 23.2 Å². The molecule has 0 aromatic carbocycles. The molecule has 0 saturated heterocycles. The second-order valence-corrected chi connectivity index (χ2v) is 6.79. The molecular weight excluding hydrogens is 266 g/mol. The van der Waals surface area contributed by atoms with Crippen LogP contribution in [0.3, 0.4) is 0 Å². The third-order valence-corrected chi connectivity index (χ3v) is 5.31. The fourth-order valence-electron chi connectivity index (χ4n) is 2.26. The maximum atomic E-state index is 12.1. The first kappa shape index (κ1) is 13.8. The predicted molar refractivity (Wildman–Crippen MR) is 77.0 cm³/mol. The van der Waals surface area contributed by atoms with E-state index in [0.717, 1.165) is 17.2 Å². The molecule has 1 aliphatic rings. The van der Waals surface area contributed by atoms with Crippen molar-refractivity contribution in [2.75, 3.05) is 5.75 Å². The van der Waals surface area contributed by atoms with Gasteiger partial charge in [-0.2, -0.15) is 11.8 Å². The molecule has 18 heavy (non-hydrogen) atoms. The van der Waals surface area contributed by atoms with Crippen LogP contribution in [0.1, 0.15) is 41.7 Å². The first-order valence-corrected chi connectivity index (χ1v) is 8.24. The monoisotopic (exact) mass is 285 g/mol. The van der Waals surface area contributed by atoms with Crippen molar-refractivity contribution in [3.63, 3.8) is 0 Å². The molecular formula is C12H19N3OS2. The second-order valence-electron chi connectivity index (χ2n) is 4.34. The van der Waals surface area contributed by atoms with Crippen molar-refractivity contribution in [1.29, 1.82) is 0 Å². The van der Waals surface area contributed by atoms with Gasteiger partial charge >= 0.3 is 0 Å². The average molecular weight is 285 g/mol. The number of thiazole rings is 1. The Hall–Kier alpha value is -0.590. The number of nitrogens with zero attached hydrogens (tertiary/aromatic N) is 1. The van der Waals surface area contributed by atoms with Crippen molar-refractivity contribution in [1.82, 2.24) is 10.3 Å². The fraction of sp³-hybridized carbons (Fsp3) is 0.667. The Morgan fingerprint density at radius 3 is 3.17 bits per heavy atom. The summed E-state index contributed by atoms with van der Waals surface area (Å²) in [6.07, 6.45) is 3.49. The fourth-order valence-corrected chi connectivity index (χ4v) is 4.11. The second kappa shape index (κ2) is 6.54. The van der Waals surface area contributed by atoms with Gasteiger partial charge in [0.25, 0.3) is 5.91 Å². The van der Waals surface area contributed by atoms with Crippen LogP contribution in [-0.4, -0.2) is 27.9 Å². The lowest BCUT2D eigenvalue weighted by Gasteiger charge is -2.19. The van der Waals surface area contributed by atoms with Crippen LogP contribution in [0.15, 0.2) is 5.38 Å². The average Bonchev–Trinajstić information content (AvgIpc) is 2.99. The van der Waals surface area contributed by atoms with Gasteiger partial charge in [0.2, 0.25) is 0 Å². The van der Waals surface area contributed by atoms with E-state index in [1.165, 1.54) is 24.2 Å². The van der Waals surface area contributed by atoms with E-state index < -0.39 is 0 Å². The minimum atomic E-state index is -0.0560. The summed E-state index contributed by atoms with van der Waals surface area (Å²) < 4.78 is 0. The van der Waals surface area contributed by atoms with Crippen LogP contribution in [0.2, 0.25) is 0 Å². The summed E-state index contributed by atoms with van der Waals surface area (Å²) in [4.78, 5) is 16.3. The molecule has 1 aromatic rings. The summed E-state index contributed by atoms with van der Waals surface area (Å²) in [7, 11) is 0. The van der Waals surface area contributed by atoms with Crippen molar-refractivity contribution in [3.05, 3.63) is 16.1 Å². The molecule has 1 aromatic heterocycles. The van der Waals surface area contributed by atoms with Crippen LogP contribution in [0.5, 0.6) is 0 Å². The zero-order valence-electron chi connectivity index (χ0n) is 10.5. The van der Waals surface area contributed by atoms with Crippen molar-refractivity contribution in [2.45, 2.75) is 44.0 Å². The molecule has 1 aliphatic carbocycles. The van der Waals surface area contributed by atoms with E-state index in [9.17, 15) is 4.79 Å². The molecule has 1 saturated carbocycles. The van der Waals surface area contributed by atoms with Crippen LogP contribution in [0.4, 0.5) is 0 Å². The van der Waals surface area contributed by atoms with Gasteiger partial charge in [0.15, 0.2) is 0 Å². The quantitative estimate of drug-likeness (QED) is 0.868. The van der Waals surface area contributed by atoms with Crippen LogP contribution < -0.4 is 11.1 Å². The SMILES string of the molecule is CCSC1CCCC1NC(=O)c1csc(CN)n1. The smallest absolute Gasteiger partial charge is 0.271 e. The van der Waals surface area contributed by atoms with E-state index in [0.29, 0.717) is 23.5 Å². The summed E-state index contributed by atoms with van der Waals surface area (Å²) in [5.41, 5.74) is 6.01. The minimum Gasteiger partial charge on any atom is -0.347 e. The largest absolute Gasteiger partial charge is 0.347 e. The van der Waals surface area contributed by atoms with Gasteiger partial charge in [-0.05, 0) is 18.6 Å². The standard InChI is InChI=1S/C12H19N3OS2/c1-2-17-10-5-3-4-8(10)15-12(16)9-7-18-11(6-13)14-9/h7-8,10H,2-6,13H2,1H3,(H,15,16). The molecule has 1 amide bonds. The number of amides is 1. The molecule has 6 heteroatoms. The topological polar surface area (TPSA) is 68.0 Å². The minimum absolute atomic E-state index is 0.0560. The maximum Gasteiger partial charge on any atom is 0.271 e. The molecule has 0 radical (unpaired) electrons. The summed E-state index contributed by atoms with van der Waals surface area (Å²) in [5.74, 6) is 1.05.